The van der Waals surface area contributed by atoms with Crippen LogP contribution < -0.4 is 4.72 Å². The highest BCUT2D eigenvalue weighted by Crippen LogP contribution is 2.24. The van der Waals surface area contributed by atoms with Gasteiger partial charge in [-0.1, -0.05) is 0 Å². The van der Waals surface area contributed by atoms with Crippen molar-refractivity contribution in [1.29, 1.82) is 0 Å². The fourth-order valence-corrected chi connectivity index (χ4v) is 4.24. The summed E-state index contributed by atoms with van der Waals surface area (Å²) in [5.41, 5.74) is 0. The zero-order valence-electron chi connectivity index (χ0n) is 11.0. The highest BCUT2D eigenvalue weighted by Gasteiger charge is 2.35. The minimum Gasteiger partial charge on any atom is -0.284 e. The normalized spacial score (nSPS) is 20.0. The molecule has 1 unspecified atom stereocenters. The number of carbonyl (C=O) groups excluding carboxylic acids is 2. The molecule has 1 heterocycles. The molecule has 1 fully saturated rings. The van der Waals surface area contributed by atoms with Crippen LogP contribution in [0.3, 0.4) is 0 Å². The first-order valence-corrected chi connectivity index (χ1v) is 8.28. The van der Waals surface area contributed by atoms with Gasteiger partial charge in [-0.2, -0.15) is 4.72 Å². The Kier molecular flexibility index (Phi) is 4.45. The van der Waals surface area contributed by atoms with E-state index >= 15 is 0 Å². The lowest BCUT2D eigenvalue weighted by Gasteiger charge is -2.28. The summed E-state index contributed by atoms with van der Waals surface area (Å²) < 4.78 is 39.8. The summed E-state index contributed by atoms with van der Waals surface area (Å²) in [5, 5.41) is 0. The molecule has 1 aliphatic rings. The Bertz CT molecular complexity index is 707. The van der Waals surface area contributed by atoms with Crippen LogP contribution in [0.4, 0.5) is 4.39 Å². The number of benzene rings is 1. The number of imide groups is 1. The molecule has 0 bridgehead atoms. The number of carbonyl (C=O) groups is 2. The Hall–Kier alpha value is -1.32. The summed E-state index contributed by atoms with van der Waals surface area (Å²) in [6.45, 7) is 0. The predicted octanol–water partition coefficient (Wildman–Crippen LogP) is 1.01. The molecule has 0 aromatic heterocycles. The summed E-state index contributed by atoms with van der Waals surface area (Å²) in [4.78, 5) is 24.0. The minimum absolute atomic E-state index is 0.0580. The zero-order chi connectivity index (χ0) is 15.8. The Morgan fingerprint density at radius 3 is 2.67 bits per heavy atom. The molecule has 0 saturated carbocycles. The van der Waals surface area contributed by atoms with Crippen LogP contribution >= 0.6 is 15.9 Å². The van der Waals surface area contributed by atoms with Crippen LogP contribution in [-0.4, -0.2) is 38.2 Å². The van der Waals surface area contributed by atoms with Crippen molar-refractivity contribution < 1.29 is 22.4 Å². The second-order valence-corrected chi connectivity index (χ2v) is 7.12. The largest absolute Gasteiger partial charge is 0.284 e. The van der Waals surface area contributed by atoms with Gasteiger partial charge in [0.2, 0.25) is 21.8 Å². The second-order valence-electron chi connectivity index (χ2n) is 4.58. The van der Waals surface area contributed by atoms with Gasteiger partial charge in [-0.05, 0) is 40.5 Å². The quantitative estimate of drug-likeness (QED) is 0.795. The van der Waals surface area contributed by atoms with E-state index in [4.69, 9.17) is 0 Å². The molecule has 1 aromatic rings. The van der Waals surface area contributed by atoms with Crippen LogP contribution in [0.15, 0.2) is 27.6 Å². The van der Waals surface area contributed by atoms with Gasteiger partial charge in [-0.25, -0.2) is 12.8 Å². The number of nitrogens with zero attached hydrogens (tertiary/aromatic N) is 1. The molecule has 0 aliphatic carbocycles. The molecule has 2 rings (SSSR count). The van der Waals surface area contributed by atoms with Gasteiger partial charge >= 0.3 is 0 Å². The van der Waals surface area contributed by atoms with Crippen molar-refractivity contribution in [3.05, 3.63) is 28.5 Å². The molecule has 0 spiro atoms. The molecule has 114 valence electrons. The molecular formula is C12H12BrFN2O4S. The van der Waals surface area contributed by atoms with Crippen molar-refractivity contribution >= 4 is 37.8 Å². The molecule has 21 heavy (non-hydrogen) atoms. The van der Waals surface area contributed by atoms with Crippen molar-refractivity contribution in [3.8, 4) is 0 Å². The fraction of sp³-hybridized carbons (Fsp3) is 0.333. The summed E-state index contributed by atoms with van der Waals surface area (Å²) in [6.07, 6.45) is 0.181. The van der Waals surface area contributed by atoms with E-state index in [1.807, 2.05) is 0 Å². The molecule has 1 aliphatic heterocycles. The highest BCUT2D eigenvalue weighted by molar-refractivity contribution is 9.10. The van der Waals surface area contributed by atoms with Crippen LogP contribution in [0.5, 0.6) is 0 Å². The maximum atomic E-state index is 13.0. The smallest absolute Gasteiger partial charge is 0.247 e. The lowest BCUT2D eigenvalue weighted by atomic mass is 10.1. The molecule has 1 N–H and O–H groups in total. The minimum atomic E-state index is -4.00. The van der Waals surface area contributed by atoms with E-state index in [9.17, 15) is 22.4 Å². The molecule has 0 radical (unpaired) electrons. The first-order chi connectivity index (χ1) is 9.72. The van der Waals surface area contributed by atoms with Crippen molar-refractivity contribution in [2.75, 3.05) is 7.05 Å². The maximum absolute atomic E-state index is 13.0. The van der Waals surface area contributed by atoms with Gasteiger partial charge in [0.05, 0.1) is 4.90 Å². The van der Waals surface area contributed by atoms with Crippen molar-refractivity contribution in [3.63, 3.8) is 0 Å². The number of sulfonamides is 1. The number of hydrogen-bond acceptors (Lipinski definition) is 4. The van der Waals surface area contributed by atoms with Crippen molar-refractivity contribution in [2.45, 2.75) is 23.8 Å². The predicted molar refractivity (Wildman–Crippen MR) is 75.2 cm³/mol. The topological polar surface area (TPSA) is 83.6 Å². The number of amides is 2. The van der Waals surface area contributed by atoms with E-state index in [1.165, 1.54) is 7.05 Å². The van der Waals surface area contributed by atoms with E-state index in [1.54, 1.807) is 0 Å². The molecule has 9 heteroatoms. The molecule has 1 atom stereocenters. The summed E-state index contributed by atoms with van der Waals surface area (Å²) >= 11 is 2.98. The van der Waals surface area contributed by atoms with Crippen molar-refractivity contribution in [1.82, 2.24) is 9.62 Å². The van der Waals surface area contributed by atoms with Gasteiger partial charge in [0.25, 0.3) is 0 Å². The van der Waals surface area contributed by atoms with E-state index in [0.717, 1.165) is 23.1 Å². The summed E-state index contributed by atoms with van der Waals surface area (Å²) in [6, 6.07) is 2.13. The average molecular weight is 379 g/mol. The van der Waals surface area contributed by atoms with Gasteiger partial charge in [-0.3, -0.25) is 14.5 Å². The van der Waals surface area contributed by atoms with Gasteiger partial charge in [0.15, 0.2) is 0 Å². The van der Waals surface area contributed by atoms with Crippen molar-refractivity contribution in [2.24, 2.45) is 0 Å². The summed E-state index contributed by atoms with van der Waals surface area (Å²) in [5.74, 6) is -1.54. The molecular weight excluding hydrogens is 367 g/mol. The van der Waals surface area contributed by atoms with Crippen LogP contribution in [0, 0.1) is 5.82 Å². The lowest BCUT2D eigenvalue weighted by molar-refractivity contribution is -0.147. The van der Waals surface area contributed by atoms with Gasteiger partial charge in [0, 0.05) is 17.9 Å². The Balaban J connectivity index is 2.25. The first kappa shape index (κ1) is 16.1. The van der Waals surface area contributed by atoms with E-state index in [2.05, 4.69) is 20.7 Å². The highest BCUT2D eigenvalue weighted by atomic mass is 79.9. The first-order valence-electron chi connectivity index (χ1n) is 6.00. The number of nitrogens with one attached hydrogen (secondary N) is 1. The van der Waals surface area contributed by atoms with Gasteiger partial charge in [-0.15, -0.1) is 0 Å². The SMILES string of the molecule is CN1C(=O)CCC(NS(=O)(=O)c2ccc(F)cc2Br)C1=O. The van der Waals surface area contributed by atoms with E-state index < -0.39 is 27.8 Å². The Labute approximate surface area is 129 Å². The number of likely N-dealkylation sites (N-methyl/N-ethyl adjacent to an activating group) is 1. The number of piperidine rings is 1. The maximum Gasteiger partial charge on any atom is 0.247 e. The Morgan fingerprint density at radius 1 is 1.38 bits per heavy atom. The van der Waals surface area contributed by atoms with Gasteiger partial charge < -0.3 is 0 Å². The third kappa shape index (κ3) is 3.30. The lowest BCUT2D eigenvalue weighted by Crippen LogP contribution is -2.52. The second kappa shape index (κ2) is 5.82. The molecule has 1 aromatic carbocycles. The summed E-state index contributed by atoms with van der Waals surface area (Å²) in [7, 11) is -2.70. The number of likely N-dealkylation sites (tertiary alicyclic amines) is 1. The number of rotatable bonds is 3. The Morgan fingerprint density at radius 2 is 2.05 bits per heavy atom. The molecule has 1 saturated heterocycles. The van der Waals surface area contributed by atoms with Crippen LogP contribution in [0.1, 0.15) is 12.8 Å². The van der Waals surface area contributed by atoms with Crippen LogP contribution in [-0.2, 0) is 19.6 Å². The average Bonchev–Trinajstić information content (AvgIpc) is 2.39. The monoisotopic (exact) mass is 378 g/mol. The number of hydrogen-bond donors (Lipinski definition) is 1. The standard InChI is InChI=1S/C12H12BrFN2O4S/c1-16-11(17)5-3-9(12(16)18)15-21(19,20)10-4-2-7(14)6-8(10)13/h2,4,6,9,15H,3,5H2,1H3. The van der Waals surface area contributed by atoms with Crippen LogP contribution in [0.2, 0.25) is 0 Å². The third-order valence-electron chi connectivity index (χ3n) is 3.13. The molecule has 2 amide bonds. The fourth-order valence-electron chi connectivity index (χ4n) is 1.97. The van der Waals surface area contributed by atoms with E-state index in [0.29, 0.717) is 0 Å². The third-order valence-corrected chi connectivity index (χ3v) is 5.58. The molecule has 6 nitrogen and oxygen atoms in total. The van der Waals surface area contributed by atoms with Crippen LogP contribution in [0.25, 0.3) is 0 Å². The zero-order valence-corrected chi connectivity index (χ0v) is 13.4. The van der Waals surface area contributed by atoms with E-state index in [-0.39, 0.29) is 28.1 Å². The number of halogens is 2. The van der Waals surface area contributed by atoms with Gasteiger partial charge in [0.1, 0.15) is 11.9 Å².